The molecule has 0 aliphatic carbocycles. The Morgan fingerprint density at radius 2 is 1.83 bits per heavy atom. The summed E-state index contributed by atoms with van der Waals surface area (Å²) in [7, 11) is 0. The van der Waals surface area contributed by atoms with Gasteiger partial charge in [0.25, 0.3) is 0 Å². The SMILES string of the molecule is CCC(C)Oc1ccc(C(=O)Oc2ccc(Br)cc2C(=O)O)cc1. The second-order valence-corrected chi connectivity index (χ2v) is 6.11. The smallest absolute Gasteiger partial charge is 0.343 e. The van der Waals surface area contributed by atoms with Crippen molar-refractivity contribution in [2.75, 3.05) is 0 Å². The highest BCUT2D eigenvalue weighted by Crippen LogP contribution is 2.24. The summed E-state index contributed by atoms with van der Waals surface area (Å²) in [6.45, 7) is 3.98. The van der Waals surface area contributed by atoms with E-state index in [1.807, 2.05) is 13.8 Å². The summed E-state index contributed by atoms with van der Waals surface area (Å²) in [5.74, 6) is -1.14. The minimum Gasteiger partial charge on any atom is -0.491 e. The van der Waals surface area contributed by atoms with Crippen molar-refractivity contribution < 1.29 is 24.2 Å². The normalized spacial score (nSPS) is 11.6. The molecule has 0 aromatic heterocycles. The first kappa shape index (κ1) is 18.0. The average Bonchev–Trinajstić information content (AvgIpc) is 2.56. The molecule has 0 radical (unpaired) electrons. The molecular weight excluding hydrogens is 376 g/mol. The molecule has 0 bridgehead atoms. The zero-order valence-corrected chi connectivity index (χ0v) is 14.9. The van der Waals surface area contributed by atoms with Crippen molar-refractivity contribution >= 4 is 27.9 Å². The van der Waals surface area contributed by atoms with Gasteiger partial charge in [-0.3, -0.25) is 0 Å². The van der Waals surface area contributed by atoms with Crippen molar-refractivity contribution in [1.29, 1.82) is 0 Å². The fourth-order valence-electron chi connectivity index (χ4n) is 1.90. The van der Waals surface area contributed by atoms with E-state index in [2.05, 4.69) is 15.9 Å². The lowest BCUT2D eigenvalue weighted by molar-refractivity contribution is 0.0681. The van der Waals surface area contributed by atoms with Crippen LogP contribution < -0.4 is 9.47 Å². The zero-order valence-electron chi connectivity index (χ0n) is 13.3. The van der Waals surface area contributed by atoms with E-state index in [4.69, 9.17) is 9.47 Å². The maximum Gasteiger partial charge on any atom is 0.343 e. The number of ether oxygens (including phenoxy) is 2. The molecule has 0 saturated carbocycles. The van der Waals surface area contributed by atoms with Gasteiger partial charge in [0.05, 0.1) is 11.7 Å². The van der Waals surface area contributed by atoms with E-state index in [-0.39, 0.29) is 17.4 Å². The third kappa shape index (κ3) is 4.58. The second-order valence-electron chi connectivity index (χ2n) is 5.20. The molecule has 1 unspecified atom stereocenters. The van der Waals surface area contributed by atoms with Crippen molar-refractivity contribution in [1.82, 2.24) is 0 Å². The maximum atomic E-state index is 12.2. The minimum absolute atomic E-state index is 0.00404. The molecule has 0 heterocycles. The summed E-state index contributed by atoms with van der Waals surface area (Å²) >= 11 is 3.19. The van der Waals surface area contributed by atoms with Crippen LogP contribution in [-0.4, -0.2) is 23.1 Å². The molecule has 2 aromatic rings. The van der Waals surface area contributed by atoms with Crippen LogP contribution in [0.3, 0.4) is 0 Å². The van der Waals surface area contributed by atoms with Gasteiger partial charge in [-0.25, -0.2) is 9.59 Å². The fraction of sp³-hybridized carbons (Fsp3) is 0.222. The van der Waals surface area contributed by atoms with Crippen molar-refractivity contribution in [3.63, 3.8) is 0 Å². The van der Waals surface area contributed by atoms with Gasteiger partial charge in [-0.1, -0.05) is 22.9 Å². The number of rotatable bonds is 6. The van der Waals surface area contributed by atoms with Crippen molar-refractivity contribution in [2.45, 2.75) is 26.4 Å². The van der Waals surface area contributed by atoms with Gasteiger partial charge in [0.2, 0.25) is 0 Å². The van der Waals surface area contributed by atoms with E-state index in [1.165, 1.54) is 12.1 Å². The van der Waals surface area contributed by atoms with Crippen LogP contribution >= 0.6 is 15.9 Å². The molecule has 2 aromatic carbocycles. The Bertz CT molecular complexity index is 740. The number of carbonyl (C=O) groups excluding carboxylic acids is 1. The highest BCUT2D eigenvalue weighted by Gasteiger charge is 2.16. The van der Waals surface area contributed by atoms with Gasteiger partial charge < -0.3 is 14.6 Å². The van der Waals surface area contributed by atoms with Crippen LogP contribution in [0.15, 0.2) is 46.9 Å². The molecule has 0 aliphatic rings. The zero-order chi connectivity index (χ0) is 17.7. The fourth-order valence-corrected chi connectivity index (χ4v) is 2.26. The summed E-state index contributed by atoms with van der Waals surface area (Å²) in [6, 6.07) is 11.0. The number of carboxylic acids is 1. The highest BCUT2D eigenvalue weighted by atomic mass is 79.9. The Labute approximate surface area is 148 Å². The predicted molar refractivity (Wildman–Crippen MR) is 92.9 cm³/mol. The van der Waals surface area contributed by atoms with E-state index in [9.17, 15) is 14.7 Å². The van der Waals surface area contributed by atoms with Gasteiger partial charge in [-0.15, -0.1) is 0 Å². The van der Waals surface area contributed by atoms with E-state index < -0.39 is 11.9 Å². The molecule has 0 spiro atoms. The largest absolute Gasteiger partial charge is 0.491 e. The third-order valence-electron chi connectivity index (χ3n) is 3.38. The number of hydrogen-bond acceptors (Lipinski definition) is 4. The number of halogens is 1. The number of carbonyl (C=O) groups is 2. The lowest BCUT2D eigenvalue weighted by atomic mass is 10.2. The summed E-state index contributed by atoms with van der Waals surface area (Å²) in [5, 5.41) is 9.19. The summed E-state index contributed by atoms with van der Waals surface area (Å²) < 4.78 is 11.4. The quantitative estimate of drug-likeness (QED) is 0.576. The Morgan fingerprint density at radius 1 is 1.17 bits per heavy atom. The van der Waals surface area contributed by atoms with Gasteiger partial charge in [-0.05, 0) is 55.8 Å². The molecule has 1 atom stereocenters. The van der Waals surface area contributed by atoms with Crippen LogP contribution in [0.4, 0.5) is 0 Å². The van der Waals surface area contributed by atoms with Gasteiger partial charge in [0.15, 0.2) is 0 Å². The molecular formula is C18H17BrO5. The average molecular weight is 393 g/mol. The standard InChI is InChI=1S/C18H17BrO5/c1-3-11(2)23-14-7-4-12(5-8-14)18(22)24-16-9-6-13(19)10-15(16)17(20)21/h4-11H,3H2,1-2H3,(H,20,21). The van der Waals surface area contributed by atoms with Gasteiger partial charge >= 0.3 is 11.9 Å². The van der Waals surface area contributed by atoms with Crippen LogP contribution in [0.25, 0.3) is 0 Å². The molecule has 0 fully saturated rings. The first-order valence-electron chi connectivity index (χ1n) is 7.42. The van der Waals surface area contributed by atoms with Crippen molar-refractivity contribution in [2.24, 2.45) is 0 Å². The number of hydrogen-bond donors (Lipinski definition) is 1. The molecule has 24 heavy (non-hydrogen) atoms. The third-order valence-corrected chi connectivity index (χ3v) is 3.87. The summed E-state index contributed by atoms with van der Waals surface area (Å²) in [4.78, 5) is 23.4. The highest BCUT2D eigenvalue weighted by molar-refractivity contribution is 9.10. The van der Waals surface area contributed by atoms with Gasteiger partial charge in [0.1, 0.15) is 17.1 Å². The van der Waals surface area contributed by atoms with E-state index >= 15 is 0 Å². The van der Waals surface area contributed by atoms with Crippen molar-refractivity contribution in [3.05, 3.63) is 58.1 Å². The number of esters is 1. The lowest BCUT2D eigenvalue weighted by Crippen LogP contribution is -2.12. The van der Waals surface area contributed by atoms with Crippen LogP contribution in [0.1, 0.15) is 41.0 Å². The summed E-state index contributed by atoms with van der Waals surface area (Å²) in [6.07, 6.45) is 0.967. The topological polar surface area (TPSA) is 72.8 Å². The van der Waals surface area contributed by atoms with Crippen LogP contribution in [0.5, 0.6) is 11.5 Å². The van der Waals surface area contributed by atoms with Crippen LogP contribution in [0.2, 0.25) is 0 Å². The van der Waals surface area contributed by atoms with Crippen molar-refractivity contribution in [3.8, 4) is 11.5 Å². The molecule has 0 saturated heterocycles. The van der Waals surface area contributed by atoms with Crippen LogP contribution in [-0.2, 0) is 0 Å². The summed E-state index contributed by atoms with van der Waals surface area (Å²) in [5.41, 5.74) is 0.222. The van der Waals surface area contributed by atoms with Gasteiger partial charge in [0, 0.05) is 4.47 Å². The lowest BCUT2D eigenvalue weighted by Gasteiger charge is -2.12. The number of carboxylic acid groups (broad SMARTS) is 1. The van der Waals surface area contributed by atoms with E-state index in [1.54, 1.807) is 30.3 Å². The second kappa shape index (κ2) is 7.97. The Balaban J connectivity index is 2.14. The first-order valence-corrected chi connectivity index (χ1v) is 8.21. The molecule has 126 valence electrons. The van der Waals surface area contributed by atoms with E-state index in [0.717, 1.165) is 6.42 Å². The molecule has 2 rings (SSSR count). The Kier molecular flexibility index (Phi) is 5.98. The van der Waals surface area contributed by atoms with Crippen LogP contribution in [0, 0.1) is 0 Å². The number of aromatic carboxylic acids is 1. The number of benzene rings is 2. The predicted octanol–water partition coefficient (Wildman–Crippen LogP) is 4.54. The van der Waals surface area contributed by atoms with E-state index in [0.29, 0.717) is 15.8 Å². The maximum absolute atomic E-state index is 12.2. The first-order chi connectivity index (χ1) is 11.4. The molecule has 5 nitrogen and oxygen atoms in total. The molecule has 1 N–H and O–H groups in total. The molecule has 0 amide bonds. The molecule has 6 heteroatoms. The van der Waals surface area contributed by atoms with Gasteiger partial charge in [-0.2, -0.15) is 0 Å². The monoisotopic (exact) mass is 392 g/mol. The Hall–Kier alpha value is -2.34. The molecule has 0 aliphatic heterocycles. The minimum atomic E-state index is -1.17. The Morgan fingerprint density at radius 3 is 2.42 bits per heavy atom.